The molecule has 23 heavy (non-hydrogen) atoms. The van der Waals surface area contributed by atoms with E-state index in [2.05, 4.69) is 73.3 Å². The fourth-order valence-corrected chi connectivity index (χ4v) is 3.97. The van der Waals surface area contributed by atoms with Crippen molar-refractivity contribution >= 4 is 0 Å². The van der Waals surface area contributed by atoms with Crippen LogP contribution in [-0.2, 0) is 6.42 Å². The van der Waals surface area contributed by atoms with Gasteiger partial charge in [-0.2, -0.15) is 0 Å². The largest absolute Gasteiger partial charge is 0.289 e. The van der Waals surface area contributed by atoms with Crippen LogP contribution in [0.25, 0.3) is 0 Å². The summed E-state index contributed by atoms with van der Waals surface area (Å²) in [6.45, 7) is 5.83. The number of unbranched alkanes of at least 4 members (excludes halogenated alkanes) is 2. The van der Waals surface area contributed by atoms with Crippen LogP contribution in [0.15, 0.2) is 54.6 Å². The summed E-state index contributed by atoms with van der Waals surface area (Å²) < 4.78 is 0. The Balaban J connectivity index is 1.86. The average molecular weight is 307 g/mol. The third-order valence-electron chi connectivity index (χ3n) is 5.31. The van der Waals surface area contributed by atoms with E-state index in [-0.39, 0.29) is 0 Å². The fourth-order valence-electron chi connectivity index (χ4n) is 3.97. The normalized spacial score (nSPS) is 19.3. The summed E-state index contributed by atoms with van der Waals surface area (Å²) in [5, 5.41) is 0. The second kappa shape index (κ2) is 7.79. The van der Waals surface area contributed by atoms with Crippen LogP contribution in [-0.4, -0.2) is 11.4 Å². The van der Waals surface area contributed by atoms with Crippen LogP contribution in [0.2, 0.25) is 0 Å². The Hall–Kier alpha value is -1.60. The van der Waals surface area contributed by atoms with Crippen molar-refractivity contribution in [3.63, 3.8) is 0 Å². The van der Waals surface area contributed by atoms with Crippen LogP contribution in [0.1, 0.15) is 68.3 Å². The minimum atomic E-state index is 0.483. The minimum absolute atomic E-state index is 0.483. The summed E-state index contributed by atoms with van der Waals surface area (Å²) in [7, 11) is 0. The maximum atomic E-state index is 2.73. The van der Waals surface area contributed by atoms with Crippen molar-refractivity contribution in [2.24, 2.45) is 0 Å². The number of rotatable bonds is 6. The summed E-state index contributed by atoms with van der Waals surface area (Å²) in [5.41, 5.74) is 4.57. The lowest BCUT2D eigenvalue weighted by Gasteiger charge is -2.41. The Labute approximate surface area is 141 Å². The van der Waals surface area contributed by atoms with E-state index < -0.39 is 0 Å². The van der Waals surface area contributed by atoms with Gasteiger partial charge < -0.3 is 0 Å². The molecule has 0 spiro atoms. The zero-order valence-electron chi connectivity index (χ0n) is 14.5. The number of benzene rings is 2. The van der Waals surface area contributed by atoms with Crippen molar-refractivity contribution in [2.45, 2.75) is 58.0 Å². The Morgan fingerprint density at radius 1 is 1.00 bits per heavy atom. The van der Waals surface area contributed by atoms with Crippen molar-refractivity contribution in [3.05, 3.63) is 71.3 Å². The molecule has 1 heterocycles. The molecule has 0 amide bonds. The molecule has 0 fully saturated rings. The van der Waals surface area contributed by atoms with Crippen LogP contribution in [0.3, 0.4) is 0 Å². The van der Waals surface area contributed by atoms with E-state index in [1.54, 1.807) is 11.1 Å². The topological polar surface area (TPSA) is 3.24 Å². The molecule has 2 aromatic carbocycles. The molecule has 0 N–H and O–H groups in total. The van der Waals surface area contributed by atoms with Crippen LogP contribution >= 0.6 is 0 Å². The molecule has 122 valence electrons. The van der Waals surface area contributed by atoms with Gasteiger partial charge in [0, 0.05) is 18.6 Å². The lowest BCUT2D eigenvalue weighted by molar-refractivity contribution is 0.123. The maximum absolute atomic E-state index is 2.73. The molecular weight excluding hydrogens is 278 g/mol. The predicted molar refractivity (Wildman–Crippen MR) is 98.6 cm³/mol. The van der Waals surface area contributed by atoms with E-state index in [1.165, 1.54) is 44.2 Å². The van der Waals surface area contributed by atoms with Gasteiger partial charge in [0.25, 0.3) is 0 Å². The summed E-state index contributed by atoms with van der Waals surface area (Å²) >= 11 is 0. The first kappa shape index (κ1) is 16.3. The summed E-state index contributed by atoms with van der Waals surface area (Å²) in [6.07, 6.45) is 6.42. The molecule has 2 atom stereocenters. The Kier molecular flexibility index (Phi) is 5.51. The molecule has 2 aromatic rings. The summed E-state index contributed by atoms with van der Waals surface area (Å²) in [6, 6.07) is 21.1. The van der Waals surface area contributed by atoms with E-state index in [1.807, 2.05) is 0 Å². The zero-order valence-corrected chi connectivity index (χ0v) is 14.5. The van der Waals surface area contributed by atoms with E-state index in [4.69, 9.17) is 0 Å². The summed E-state index contributed by atoms with van der Waals surface area (Å²) in [4.78, 5) is 2.73. The molecule has 0 unspecified atom stereocenters. The van der Waals surface area contributed by atoms with Crippen molar-refractivity contribution in [1.29, 1.82) is 0 Å². The van der Waals surface area contributed by atoms with E-state index in [0.717, 1.165) is 0 Å². The molecule has 0 saturated carbocycles. The third kappa shape index (κ3) is 3.67. The summed E-state index contributed by atoms with van der Waals surface area (Å²) in [5.74, 6) is 0. The SMILES string of the molecule is CCCCC[C@H]1c2ccccc2CCN1[C@@H](C)c1ccccc1. The average Bonchev–Trinajstić information content (AvgIpc) is 2.62. The molecule has 0 saturated heterocycles. The van der Waals surface area contributed by atoms with Crippen LogP contribution < -0.4 is 0 Å². The monoisotopic (exact) mass is 307 g/mol. The molecule has 3 rings (SSSR count). The van der Waals surface area contributed by atoms with Gasteiger partial charge in [-0.3, -0.25) is 4.90 Å². The number of fused-ring (bicyclic) bond motifs is 1. The number of hydrogen-bond donors (Lipinski definition) is 0. The van der Waals surface area contributed by atoms with E-state index >= 15 is 0 Å². The highest BCUT2D eigenvalue weighted by molar-refractivity contribution is 5.33. The number of hydrogen-bond acceptors (Lipinski definition) is 1. The first-order valence-electron chi connectivity index (χ1n) is 9.19. The second-order valence-corrected chi connectivity index (χ2v) is 6.78. The molecular formula is C22H29N. The molecule has 0 radical (unpaired) electrons. The van der Waals surface area contributed by atoms with Gasteiger partial charge in [-0.15, -0.1) is 0 Å². The second-order valence-electron chi connectivity index (χ2n) is 6.78. The molecule has 0 aromatic heterocycles. The Morgan fingerprint density at radius 3 is 2.52 bits per heavy atom. The van der Waals surface area contributed by atoms with Crippen molar-refractivity contribution in [3.8, 4) is 0 Å². The number of nitrogens with zero attached hydrogens (tertiary/aromatic N) is 1. The van der Waals surface area contributed by atoms with Gasteiger partial charge in [-0.1, -0.05) is 80.8 Å². The standard InChI is InChI=1S/C22H29N/c1-3-4-6-15-22-21-14-10-9-13-20(21)16-17-23(22)18(2)19-11-7-5-8-12-19/h5,7-14,18,22H,3-4,6,15-17H2,1-2H3/t18-,22-/m0/s1. The van der Waals surface area contributed by atoms with Gasteiger partial charge >= 0.3 is 0 Å². The van der Waals surface area contributed by atoms with Gasteiger partial charge in [0.2, 0.25) is 0 Å². The van der Waals surface area contributed by atoms with Crippen molar-refractivity contribution in [1.82, 2.24) is 4.90 Å². The van der Waals surface area contributed by atoms with Crippen molar-refractivity contribution < 1.29 is 0 Å². The van der Waals surface area contributed by atoms with Crippen LogP contribution in [0, 0.1) is 0 Å². The van der Waals surface area contributed by atoms with Crippen LogP contribution in [0.4, 0.5) is 0 Å². The highest BCUT2D eigenvalue weighted by atomic mass is 15.2. The lowest BCUT2D eigenvalue weighted by atomic mass is 9.87. The molecule has 1 heteroatoms. The Bertz CT molecular complexity index is 604. The van der Waals surface area contributed by atoms with Gasteiger partial charge in [0.1, 0.15) is 0 Å². The molecule has 0 bridgehead atoms. The smallest absolute Gasteiger partial charge is 0.0357 e. The maximum Gasteiger partial charge on any atom is 0.0357 e. The molecule has 0 aliphatic carbocycles. The van der Waals surface area contributed by atoms with Gasteiger partial charge in [-0.05, 0) is 36.5 Å². The molecule has 1 nitrogen and oxygen atoms in total. The minimum Gasteiger partial charge on any atom is -0.289 e. The van der Waals surface area contributed by atoms with E-state index in [9.17, 15) is 0 Å². The first-order valence-corrected chi connectivity index (χ1v) is 9.19. The van der Waals surface area contributed by atoms with Gasteiger partial charge in [0.15, 0.2) is 0 Å². The third-order valence-corrected chi connectivity index (χ3v) is 5.31. The molecule has 1 aliphatic heterocycles. The zero-order chi connectivity index (χ0) is 16.1. The van der Waals surface area contributed by atoms with Gasteiger partial charge in [0.05, 0.1) is 0 Å². The molecule has 1 aliphatic rings. The van der Waals surface area contributed by atoms with E-state index in [0.29, 0.717) is 12.1 Å². The first-order chi connectivity index (χ1) is 11.3. The Morgan fingerprint density at radius 2 is 1.74 bits per heavy atom. The highest BCUT2D eigenvalue weighted by Crippen LogP contribution is 2.38. The lowest BCUT2D eigenvalue weighted by Crippen LogP contribution is -2.37. The predicted octanol–water partition coefficient (Wildman–Crippen LogP) is 5.93. The van der Waals surface area contributed by atoms with Crippen LogP contribution in [0.5, 0.6) is 0 Å². The quantitative estimate of drug-likeness (QED) is 0.598. The fraction of sp³-hybridized carbons (Fsp3) is 0.455. The van der Waals surface area contributed by atoms with Gasteiger partial charge in [-0.25, -0.2) is 0 Å². The van der Waals surface area contributed by atoms with Crippen molar-refractivity contribution in [2.75, 3.05) is 6.54 Å². The highest BCUT2D eigenvalue weighted by Gasteiger charge is 2.30.